The normalized spacial score (nSPS) is 16.0. The lowest BCUT2D eigenvalue weighted by atomic mass is 10.2. The smallest absolute Gasteiger partial charge is 0.312 e. The summed E-state index contributed by atoms with van der Waals surface area (Å²) in [6.07, 6.45) is 0. The second-order valence-corrected chi connectivity index (χ2v) is 4.96. The minimum Gasteiger partial charge on any atom is -0.312 e. The highest BCUT2D eigenvalue weighted by Crippen LogP contribution is 2.22. The fourth-order valence-corrected chi connectivity index (χ4v) is 2.03. The van der Waals surface area contributed by atoms with E-state index >= 15 is 0 Å². The van der Waals surface area contributed by atoms with E-state index in [1.807, 2.05) is 7.05 Å². The predicted molar refractivity (Wildman–Crippen MR) is 78.9 cm³/mol. The van der Waals surface area contributed by atoms with E-state index in [4.69, 9.17) is 0 Å². The monoisotopic (exact) mass is 307 g/mol. The molecule has 0 aromatic heterocycles. The Morgan fingerprint density at radius 2 is 1.77 bits per heavy atom. The van der Waals surface area contributed by atoms with Gasteiger partial charge in [-0.2, -0.15) is 0 Å². The number of carbonyl (C=O) groups excluding carboxylic acids is 2. The third kappa shape index (κ3) is 3.99. The lowest BCUT2D eigenvalue weighted by Gasteiger charge is -2.32. The lowest BCUT2D eigenvalue weighted by Crippen LogP contribution is -2.54. The molecule has 0 radical (unpaired) electrons. The maximum absolute atomic E-state index is 11.8. The van der Waals surface area contributed by atoms with E-state index in [0.717, 1.165) is 13.1 Å². The standard InChI is InChI=1S/C13H17N5O4/c1-16-6-8-17(9-7-16)15-13(20)12(19)14-10-4-2-3-5-11(10)18(21)22/h2-5H,6-9H2,1H3,(H,14,19)(H,15,20). The molecule has 0 spiro atoms. The number of piperazine rings is 1. The van der Waals surface area contributed by atoms with Gasteiger partial charge in [-0.25, -0.2) is 5.01 Å². The van der Waals surface area contributed by atoms with Gasteiger partial charge in [-0.3, -0.25) is 25.1 Å². The molecule has 9 nitrogen and oxygen atoms in total. The first-order valence-electron chi connectivity index (χ1n) is 6.76. The van der Waals surface area contributed by atoms with Gasteiger partial charge < -0.3 is 10.2 Å². The first-order valence-corrected chi connectivity index (χ1v) is 6.76. The van der Waals surface area contributed by atoms with Crippen molar-refractivity contribution in [3.63, 3.8) is 0 Å². The maximum Gasteiger partial charge on any atom is 0.323 e. The van der Waals surface area contributed by atoms with Gasteiger partial charge in [0.1, 0.15) is 5.69 Å². The first-order chi connectivity index (χ1) is 10.5. The highest BCUT2D eigenvalue weighted by Gasteiger charge is 2.22. The largest absolute Gasteiger partial charge is 0.323 e. The Balaban J connectivity index is 1.94. The summed E-state index contributed by atoms with van der Waals surface area (Å²) in [5.74, 6) is -1.78. The summed E-state index contributed by atoms with van der Waals surface area (Å²) in [6.45, 7) is 2.79. The number of likely N-dealkylation sites (N-methyl/N-ethyl adjacent to an activating group) is 1. The number of hydrogen-bond acceptors (Lipinski definition) is 6. The molecule has 9 heteroatoms. The first kappa shape index (κ1) is 15.9. The van der Waals surface area contributed by atoms with Gasteiger partial charge in [0.05, 0.1) is 4.92 Å². The molecule has 1 aromatic rings. The topological polar surface area (TPSA) is 108 Å². The number of benzene rings is 1. The van der Waals surface area contributed by atoms with Crippen LogP contribution in [0.25, 0.3) is 0 Å². The van der Waals surface area contributed by atoms with E-state index < -0.39 is 16.7 Å². The maximum atomic E-state index is 11.8. The molecular weight excluding hydrogens is 290 g/mol. The van der Waals surface area contributed by atoms with Crippen LogP contribution in [0.2, 0.25) is 0 Å². The number of nitro benzene ring substituents is 1. The van der Waals surface area contributed by atoms with Crippen molar-refractivity contribution in [1.82, 2.24) is 15.3 Å². The molecule has 2 amide bonds. The van der Waals surface area contributed by atoms with Gasteiger partial charge in [0.15, 0.2) is 0 Å². The molecular formula is C13H17N5O4. The summed E-state index contributed by atoms with van der Waals surface area (Å²) in [4.78, 5) is 36.0. The van der Waals surface area contributed by atoms with Crippen LogP contribution in [0, 0.1) is 10.1 Å². The molecule has 22 heavy (non-hydrogen) atoms. The average Bonchev–Trinajstić information content (AvgIpc) is 2.49. The molecule has 1 aliphatic heterocycles. The zero-order valence-corrected chi connectivity index (χ0v) is 12.1. The molecule has 0 bridgehead atoms. The third-order valence-corrected chi connectivity index (χ3v) is 3.32. The molecule has 1 heterocycles. The van der Waals surface area contributed by atoms with E-state index in [1.165, 1.54) is 18.2 Å². The van der Waals surface area contributed by atoms with Crippen molar-refractivity contribution >= 4 is 23.2 Å². The highest BCUT2D eigenvalue weighted by molar-refractivity contribution is 6.39. The average molecular weight is 307 g/mol. The quantitative estimate of drug-likeness (QED) is 0.455. The van der Waals surface area contributed by atoms with E-state index in [2.05, 4.69) is 15.6 Å². The summed E-state index contributed by atoms with van der Waals surface area (Å²) in [5, 5.41) is 14.8. The fraction of sp³-hybridized carbons (Fsp3) is 0.385. The van der Waals surface area contributed by atoms with Crippen LogP contribution in [0.15, 0.2) is 24.3 Å². The molecule has 2 rings (SSSR count). The Morgan fingerprint density at radius 1 is 1.14 bits per heavy atom. The molecule has 0 unspecified atom stereocenters. The van der Waals surface area contributed by atoms with Gasteiger partial charge in [-0.05, 0) is 13.1 Å². The second kappa shape index (κ2) is 6.96. The number of nitrogens with one attached hydrogen (secondary N) is 2. The highest BCUT2D eigenvalue weighted by atomic mass is 16.6. The molecule has 1 saturated heterocycles. The summed E-state index contributed by atoms with van der Waals surface area (Å²) < 4.78 is 0. The Labute approximate surface area is 127 Å². The van der Waals surface area contributed by atoms with Crippen molar-refractivity contribution in [2.45, 2.75) is 0 Å². The van der Waals surface area contributed by atoms with Crippen molar-refractivity contribution in [2.75, 3.05) is 38.5 Å². The van der Waals surface area contributed by atoms with Crippen molar-refractivity contribution in [2.24, 2.45) is 0 Å². The van der Waals surface area contributed by atoms with Gasteiger partial charge in [0.25, 0.3) is 5.69 Å². The molecule has 1 aromatic carbocycles. The van der Waals surface area contributed by atoms with Gasteiger partial charge in [0, 0.05) is 32.2 Å². The molecule has 1 aliphatic rings. The summed E-state index contributed by atoms with van der Waals surface area (Å²) in [6, 6.07) is 5.66. The lowest BCUT2D eigenvalue weighted by molar-refractivity contribution is -0.383. The summed E-state index contributed by atoms with van der Waals surface area (Å²) in [5.41, 5.74) is 2.22. The van der Waals surface area contributed by atoms with Gasteiger partial charge in [-0.15, -0.1) is 0 Å². The number of para-hydroxylation sites is 2. The zero-order chi connectivity index (χ0) is 16.1. The minimum atomic E-state index is -0.937. The summed E-state index contributed by atoms with van der Waals surface area (Å²) in [7, 11) is 1.97. The van der Waals surface area contributed by atoms with E-state index in [9.17, 15) is 19.7 Å². The Hall–Kier alpha value is -2.52. The Bertz CT molecular complexity index is 584. The van der Waals surface area contributed by atoms with Crippen molar-refractivity contribution < 1.29 is 14.5 Å². The van der Waals surface area contributed by atoms with Crippen molar-refractivity contribution in [3.8, 4) is 0 Å². The van der Waals surface area contributed by atoms with Crippen molar-refractivity contribution in [1.29, 1.82) is 0 Å². The van der Waals surface area contributed by atoms with Gasteiger partial charge in [0.2, 0.25) is 0 Å². The van der Waals surface area contributed by atoms with Crippen LogP contribution in [-0.2, 0) is 9.59 Å². The number of carbonyl (C=O) groups is 2. The van der Waals surface area contributed by atoms with Crippen LogP contribution in [-0.4, -0.2) is 59.9 Å². The Kier molecular flexibility index (Phi) is 5.02. The number of anilines is 1. The number of rotatable bonds is 3. The second-order valence-electron chi connectivity index (χ2n) is 4.96. The van der Waals surface area contributed by atoms with Crippen LogP contribution in [0.5, 0.6) is 0 Å². The van der Waals surface area contributed by atoms with Gasteiger partial charge in [-0.1, -0.05) is 12.1 Å². The van der Waals surface area contributed by atoms with Crippen LogP contribution in [0.3, 0.4) is 0 Å². The molecule has 2 N–H and O–H groups in total. The number of hydrazine groups is 1. The molecule has 1 fully saturated rings. The molecule has 0 saturated carbocycles. The van der Waals surface area contributed by atoms with Crippen LogP contribution in [0.1, 0.15) is 0 Å². The van der Waals surface area contributed by atoms with E-state index in [0.29, 0.717) is 13.1 Å². The third-order valence-electron chi connectivity index (χ3n) is 3.32. The predicted octanol–water partition coefficient (Wildman–Crippen LogP) is -0.188. The molecule has 0 atom stereocenters. The number of nitro groups is 1. The number of nitrogens with zero attached hydrogens (tertiary/aromatic N) is 3. The molecule has 0 aliphatic carbocycles. The van der Waals surface area contributed by atoms with Gasteiger partial charge >= 0.3 is 11.8 Å². The SMILES string of the molecule is CN1CCN(NC(=O)C(=O)Nc2ccccc2[N+](=O)[O-])CC1. The van der Waals surface area contributed by atoms with Crippen molar-refractivity contribution in [3.05, 3.63) is 34.4 Å². The Morgan fingerprint density at radius 3 is 2.41 bits per heavy atom. The van der Waals surface area contributed by atoms with E-state index in [-0.39, 0.29) is 11.4 Å². The van der Waals surface area contributed by atoms with Crippen LogP contribution in [0.4, 0.5) is 11.4 Å². The van der Waals surface area contributed by atoms with Crippen LogP contribution < -0.4 is 10.7 Å². The molecule has 118 valence electrons. The summed E-state index contributed by atoms with van der Waals surface area (Å²) >= 11 is 0. The number of hydrogen-bond donors (Lipinski definition) is 2. The zero-order valence-electron chi connectivity index (χ0n) is 12.1. The minimum absolute atomic E-state index is 0.00831. The van der Waals surface area contributed by atoms with Crippen LogP contribution >= 0.6 is 0 Å². The van der Waals surface area contributed by atoms with E-state index in [1.54, 1.807) is 11.1 Å². The number of amides is 2. The fourth-order valence-electron chi connectivity index (χ4n) is 2.03.